The Kier molecular flexibility index (Phi) is 6.76. The van der Waals surface area contributed by atoms with Crippen LogP contribution in [0.3, 0.4) is 0 Å². The molecule has 2 aromatic carbocycles. The molecule has 148 valence electrons. The molecule has 2 amide bonds. The largest absolute Gasteiger partial charge is 0.497 e. The van der Waals surface area contributed by atoms with Crippen LogP contribution in [0.15, 0.2) is 48.5 Å². The molecule has 0 heterocycles. The maximum absolute atomic E-state index is 12.2. The van der Waals surface area contributed by atoms with Gasteiger partial charge in [0.15, 0.2) is 6.61 Å². The highest BCUT2D eigenvalue weighted by Gasteiger charge is 2.21. The zero-order valence-electron chi connectivity index (χ0n) is 16.4. The summed E-state index contributed by atoms with van der Waals surface area (Å²) in [4.78, 5) is 36.2. The molecule has 2 aromatic rings. The van der Waals surface area contributed by atoms with Gasteiger partial charge in [0.1, 0.15) is 5.75 Å². The first kappa shape index (κ1) is 21.0. The predicted octanol–water partition coefficient (Wildman–Crippen LogP) is 3.48. The van der Waals surface area contributed by atoms with Gasteiger partial charge in [0.25, 0.3) is 5.91 Å². The number of nitrogens with one attached hydrogen (secondary N) is 2. The lowest BCUT2D eigenvalue weighted by atomic mass is 9.95. The van der Waals surface area contributed by atoms with E-state index in [9.17, 15) is 14.4 Å². The van der Waals surface area contributed by atoms with Crippen LogP contribution < -0.4 is 15.4 Å². The van der Waals surface area contributed by atoms with Crippen LogP contribution in [0.2, 0.25) is 0 Å². The molecule has 0 aliphatic carbocycles. The third kappa shape index (κ3) is 6.12. The lowest BCUT2D eigenvalue weighted by Gasteiger charge is -2.17. The minimum Gasteiger partial charge on any atom is -0.497 e. The van der Waals surface area contributed by atoms with Gasteiger partial charge in [0.2, 0.25) is 5.91 Å². The van der Waals surface area contributed by atoms with Crippen molar-refractivity contribution in [2.45, 2.75) is 20.8 Å². The molecule has 0 fully saturated rings. The molecular weight excluding hydrogens is 360 g/mol. The number of benzene rings is 2. The minimum atomic E-state index is -0.656. The smallest absolute Gasteiger partial charge is 0.338 e. The zero-order valence-corrected chi connectivity index (χ0v) is 16.4. The summed E-state index contributed by atoms with van der Waals surface area (Å²) in [5.74, 6) is -0.618. The molecule has 2 N–H and O–H groups in total. The van der Waals surface area contributed by atoms with Crippen molar-refractivity contribution < 1.29 is 23.9 Å². The van der Waals surface area contributed by atoms with Crippen molar-refractivity contribution in [2.24, 2.45) is 5.41 Å². The Bertz CT molecular complexity index is 854. The van der Waals surface area contributed by atoms with E-state index in [1.54, 1.807) is 70.3 Å². The number of rotatable bonds is 6. The third-order valence-electron chi connectivity index (χ3n) is 3.75. The zero-order chi connectivity index (χ0) is 20.7. The highest BCUT2D eigenvalue weighted by Crippen LogP contribution is 2.19. The molecule has 0 saturated carbocycles. The van der Waals surface area contributed by atoms with Crippen molar-refractivity contribution in [1.29, 1.82) is 0 Å². The van der Waals surface area contributed by atoms with Crippen molar-refractivity contribution in [1.82, 2.24) is 0 Å². The normalized spacial score (nSPS) is 10.7. The average Bonchev–Trinajstić information content (AvgIpc) is 2.66. The quantitative estimate of drug-likeness (QED) is 0.744. The molecule has 0 aliphatic heterocycles. The van der Waals surface area contributed by atoms with Gasteiger partial charge >= 0.3 is 5.97 Å². The Labute approximate surface area is 164 Å². The fourth-order valence-corrected chi connectivity index (χ4v) is 2.13. The van der Waals surface area contributed by atoms with Gasteiger partial charge in [-0.2, -0.15) is 0 Å². The number of anilines is 2. The van der Waals surface area contributed by atoms with E-state index in [4.69, 9.17) is 9.47 Å². The number of esters is 1. The maximum Gasteiger partial charge on any atom is 0.338 e. The SMILES string of the molecule is COc1ccc(NC(=O)COC(=O)c2cccc(NC(=O)C(C)(C)C)c2)cc1. The molecule has 0 aliphatic rings. The molecule has 0 atom stereocenters. The summed E-state index contributed by atoms with van der Waals surface area (Å²) in [6.45, 7) is 4.95. The van der Waals surface area contributed by atoms with E-state index in [1.165, 1.54) is 6.07 Å². The van der Waals surface area contributed by atoms with Gasteiger partial charge in [-0.1, -0.05) is 26.8 Å². The van der Waals surface area contributed by atoms with Gasteiger partial charge in [-0.15, -0.1) is 0 Å². The van der Waals surface area contributed by atoms with Crippen molar-refractivity contribution in [3.05, 3.63) is 54.1 Å². The number of hydrogen-bond acceptors (Lipinski definition) is 5. The standard InChI is InChI=1S/C21H24N2O5/c1-21(2,3)20(26)23-16-7-5-6-14(12-16)19(25)28-13-18(24)22-15-8-10-17(27-4)11-9-15/h5-12H,13H2,1-4H3,(H,22,24)(H,23,26). The molecule has 0 spiro atoms. The molecule has 28 heavy (non-hydrogen) atoms. The fraction of sp³-hybridized carbons (Fsp3) is 0.286. The number of ether oxygens (including phenoxy) is 2. The van der Waals surface area contributed by atoms with E-state index in [1.807, 2.05) is 0 Å². The fourth-order valence-electron chi connectivity index (χ4n) is 2.13. The van der Waals surface area contributed by atoms with Gasteiger partial charge in [0, 0.05) is 16.8 Å². The maximum atomic E-state index is 12.2. The Morgan fingerprint density at radius 2 is 1.61 bits per heavy atom. The second kappa shape index (κ2) is 9.03. The Balaban J connectivity index is 1.90. The van der Waals surface area contributed by atoms with E-state index in [0.29, 0.717) is 17.1 Å². The van der Waals surface area contributed by atoms with Crippen LogP contribution in [0, 0.1) is 5.41 Å². The lowest BCUT2D eigenvalue weighted by molar-refractivity contribution is -0.123. The lowest BCUT2D eigenvalue weighted by Crippen LogP contribution is -2.27. The van der Waals surface area contributed by atoms with E-state index in [-0.39, 0.29) is 11.5 Å². The summed E-state index contributed by atoms with van der Waals surface area (Å²) in [7, 11) is 1.55. The van der Waals surface area contributed by atoms with Gasteiger partial charge in [0.05, 0.1) is 12.7 Å². The molecule has 0 aromatic heterocycles. The van der Waals surface area contributed by atoms with E-state index >= 15 is 0 Å². The molecule has 0 radical (unpaired) electrons. The monoisotopic (exact) mass is 384 g/mol. The summed E-state index contributed by atoms with van der Waals surface area (Å²) in [6.07, 6.45) is 0. The summed E-state index contributed by atoms with van der Waals surface area (Å²) in [5.41, 5.74) is 0.727. The van der Waals surface area contributed by atoms with Crippen LogP contribution in [0.5, 0.6) is 5.75 Å². The number of hydrogen-bond donors (Lipinski definition) is 2. The van der Waals surface area contributed by atoms with Crippen LogP contribution in [0.4, 0.5) is 11.4 Å². The predicted molar refractivity (Wildman–Crippen MR) is 106 cm³/mol. The second-order valence-corrected chi connectivity index (χ2v) is 7.14. The summed E-state index contributed by atoms with van der Waals surface area (Å²) >= 11 is 0. The highest BCUT2D eigenvalue weighted by molar-refractivity contribution is 5.98. The van der Waals surface area contributed by atoms with Crippen LogP contribution in [0.25, 0.3) is 0 Å². The Morgan fingerprint density at radius 3 is 2.21 bits per heavy atom. The first-order valence-electron chi connectivity index (χ1n) is 8.71. The van der Waals surface area contributed by atoms with Crippen LogP contribution in [-0.2, 0) is 14.3 Å². The molecule has 0 saturated heterocycles. The molecule has 0 bridgehead atoms. The molecule has 0 unspecified atom stereocenters. The molecule has 7 heteroatoms. The molecule has 2 rings (SSSR count). The number of methoxy groups -OCH3 is 1. The summed E-state index contributed by atoms with van der Waals surface area (Å²) in [6, 6.07) is 13.1. The second-order valence-electron chi connectivity index (χ2n) is 7.14. The summed E-state index contributed by atoms with van der Waals surface area (Å²) in [5, 5.41) is 5.37. The van der Waals surface area contributed by atoms with Crippen molar-refractivity contribution in [3.63, 3.8) is 0 Å². The van der Waals surface area contributed by atoms with Gasteiger partial charge in [-0.25, -0.2) is 4.79 Å². The number of carbonyl (C=O) groups is 3. The topological polar surface area (TPSA) is 93.7 Å². The van der Waals surface area contributed by atoms with E-state index in [2.05, 4.69) is 10.6 Å². The minimum absolute atomic E-state index is 0.170. The Morgan fingerprint density at radius 1 is 0.929 bits per heavy atom. The first-order chi connectivity index (χ1) is 13.2. The third-order valence-corrected chi connectivity index (χ3v) is 3.75. The van der Waals surface area contributed by atoms with Crippen LogP contribution >= 0.6 is 0 Å². The molecule has 7 nitrogen and oxygen atoms in total. The number of amides is 2. The van der Waals surface area contributed by atoms with Gasteiger partial charge in [-0.05, 0) is 42.5 Å². The van der Waals surface area contributed by atoms with Crippen LogP contribution in [-0.4, -0.2) is 31.5 Å². The van der Waals surface area contributed by atoms with E-state index < -0.39 is 23.9 Å². The number of carbonyl (C=O) groups excluding carboxylic acids is 3. The van der Waals surface area contributed by atoms with Gasteiger partial charge < -0.3 is 20.1 Å². The first-order valence-corrected chi connectivity index (χ1v) is 8.71. The van der Waals surface area contributed by atoms with Crippen molar-refractivity contribution in [3.8, 4) is 5.75 Å². The van der Waals surface area contributed by atoms with E-state index in [0.717, 1.165) is 0 Å². The average molecular weight is 384 g/mol. The van der Waals surface area contributed by atoms with Crippen molar-refractivity contribution in [2.75, 3.05) is 24.4 Å². The molecular formula is C21H24N2O5. The highest BCUT2D eigenvalue weighted by atomic mass is 16.5. The summed E-state index contributed by atoms with van der Waals surface area (Å²) < 4.78 is 10.1. The Hall–Kier alpha value is -3.35. The van der Waals surface area contributed by atoms with Crippen LogP contribution in [0.1, 0.15) is 31.1 Å². The van der Waals surface area contributed by atoms with Crippen molar-refractivity contribution >= 4 is 29.2 Å². The van der Waals surface area contributed by atoms with Gasteiger partial charge in [-0.3, -0.25) is 9.59 Å².